The molecular formula is C80H64Cl5IrN8S4-2. The van der Waals surface area contributed by atoms with Gasteiger partial charge in [0.1, 0.15) is 0 Å². The SMILES string of the molecule is CC(C)(C)c1cc(-c2n[c]([Ir-2]([Cl])([c]3cc4nc(Cl)sc4c(-c4cc(C(C)(C)C)c5ccccc5c4)n3)([c]3cc4nc(Cl)sc4c(-c4cc(C(C)(C)C)c5ccccc5c4)n3)[c]3cc4nc(Cl)sc4c(-c4cc(C(C)(C)C)c5ccccc5c4)n3)cc3nc(Cl)sc23)cc2ccccc12. The summed E-state index contributed by atoms with van der Waals surface area (Å²) in [6, 6.07) is 60.1. The third-order valence-corrected chi connectivity index (χ3v) is 38.9. The first-order chi connectivity index (χ1) is 46.5. The predicted octanol–water partition coefficient (Wildman–Crippen LogP) is 23.2. The minimum atomic E-state index is -6.97. The first kappa shape index (κ1) is 65.7. The molecule has 8 heterocycles. The average Bonchev–Trinajstić information content (AvgIpc) is 0.972. The van der Waals surface area contributed by atoms with Gasteiger partial charge in [-0.05, 0) is 0 Å². The van der Waals surface area contributed by atoms with Crippen LogP contribution in [0.2, 0.25) is 17.9 Å². The average molecular weight is 1640 g/mol. The van der Waals surface area contributed by atoms with Crippen LogP contribution in [0.1, 0.15) is 105 Å². The zero-order valence-corrected chi connectivity index (χ0v) is 65.0. The summed E-state index contributed by atoms with van der Waals surface area (Å²) in [7, 11) is 10.3. The molecule has 494 valence electrons. The van der Waals surface area contributed by atoms with Crippen LogP contribution in [-0.4, -0.2) is 39.9 Å². The topological polar surface area (TPSA) is 103 Å². The summed E-state index contributed by atoms with van der Waals surface area (Å²) in [5.41, 5.74) is 11.6. The van der Waals surface area contributed by atoms with E-state index < -0.39 is 13.1 Å². The molecule has 0 N–H and O–H groups in total. The Hall–Kier alpha value is -6.94. The maximum absolute atomic E-state index is 10.3. The number of thiazole rings is 4. The molecule has 0 bridgehead atoms. The normalized spacial score (nSPS) is 13.4. The van der Waals surface area contributed by atoms with Gasteiger partial charge in [0.15, 0.2) is 0 Å². The van der Waals surface area contributed by atoms with Gasteiger partial charge in [-0.25, -0.2) is 0 Å². The van der Waals surface area contributed by atoms with E-state index in [-0.39, 0.29) is 21.7 Å². The minimum absolute atomic E-state index is 0.298. The fourth-order valence-electron chi connectivity index (χ4n) is 13.7. The van der Waals surface area contributed by atoms with Crippen molar-refractivity contribution < 1.29 is 13.1 Å². The number of fused-ring (bicyclic) bond motifs is 8. The van der Waals surface area contributed by atoms with E-state index in [9.17, 15) is 9.58 Å². The van der Waals surface area contributed by atoms with Gasteiger partial charge in [0.25, 0.3) is 0 Å². The van der Waals surface area contributed by atoms with Crippen LogP contribution >= 0.6 is 101 Å². The fraction of sp³-hybridized carbons (Fsp3) is 0.200. The maximum atomic E-state index is 10.3. The van der Waals surface area contributed by atoms with E-state index in [1.54, 1.807) is 0 Å². The van der Waals surface area contributed by atoms with Crippen molar-refractivity contribution in [2.45, 2.75) is 105 Å². The van der Waals surface area contributed by atoms with Gasteiger partial charge < -0.3 is 0 Å². The zero-order valence-electron chi connectivity index (χ0n) is 55.6. The van der Waals surface area contributed by atoms with Crippen LogP contribution in [-0.2, 0) is 34.7 Å². The Labute approximate surface area is 608 Å². The number of aromatic nitrogens is 8. The van der Waals surface area contributed by atoms with Crippen LogP contribution < -0.4 is 16.8 Å². The molecule has 0 fully saturated rings. The Morgan fingerprint density at radius 2 is 0.480 bits per heavy atom. The zero-order chi connectivity index (χ0) is 68.5. The third kappa shape index (κ3) is 10.8. The molecular weight excluding hydrogens is 1570 g/mol. The number of hydrogen-bond donors (Lipinski definition) is 0. The Morgan fingerprint density at radius 1 is 0.276 bits per heavy atom. The molecule has 8 aromatic heterocycles. The summed E-state index contributed by atoms with van der Waals surface area (Å²) in [6.07, 6.45) is 0. The van der Waals surface area contributed by atoms with E-state index in [0.29, 0.717) is 79.5 Å². The number of pyridine rings is 4. The molecule has 0 saturated heterocycles. The third-order valence-electron chi connectivity index (χ3n) is 18.3. The molecule has 98 heavy (non-hydrogen) atoms. The Morgan fingerprint density at radius 3 is 0.684 bits per heavy atom. The van der Waals surface area contributed by atoms with Crippen molar-refractivity contribution in [1.29, 1.82) is 0 Å². The monoisotopic (exact) mass is 1630 g/mol. The first-order valence-corrected chi connectivity index (χ1v) is 44.5. The van der Waals surface area contributed by atoms with Crippen LogP contribution in [0, 0.1) is 0 Å². The van der Waals surface area contributed by atoms with Crippen LogP contribution in [0.25, 0.3) is 129 Å². The Kier molecular flexibility index (Phi) is 15.6. The van der Waals surface area contributed by atoms with Crippen LogP contribution in [0.3, 0.4) is 0 Å². The van der Waals surface area contributed by atoms with Crippen molar-refractivity contribution in [3.63, 3.8) is 0 Å². The van der Waals surface area contributed by atoms with Gasteiger partial charge in [-0.3, -0.25) is 0 Å². The van der Waals surface area contributed by atoms with Gasteiger partial charge in [-0.15, -0.1) is 0 Å². The number of rotatable bonds is 8. The molecule has 0 saturated carbocycles. The standard InChI is InChI=1S/4C20H16ClN2S.ClH.Ir/c4*1-20(2,3)15-11-13(10-12-6-4-5-7-14(12)15)17-18-16(8-9-22-17)23-19(21)24-18;;/h4*4-8,10-11H,1-3H3;1H;/q;;;;;-1/p-1. The van der Waals surface area contributed by atoms with Crippen molar-refractivity contribution in [3.8, 4) is 45.0 Å². The van der Waals surface area contributed by atoms with E-state index in [2.05, 4.69) is 229 Å². The fourth-order valence-corrected chi connectivity index (χ4v) is 31.0. The number of benzene rings is 8. The Balaban J connectivity index is 1.16. The molecule has 0 aliphatic rings. The van der Waals surface area contributed by atoms with Crippen molar-refractivity contribution in [2.24, 2.45) is 0 Å². The number of nitrogens with zero attached hydrogens (tertiary/aromatic N) is 8. The summed E-state index contributed by atoms with van der Waals surface area (Å²) < 4.78 is 6.17. The quantitative estimate of drug-likeness (QED) is 0.148. The van der Waals surface area contributed by atoms with E-state index in [4.69, 9.17) is 86.3 Å². The predicted molar refractivity (Wildman–Crippen MR) is 421 cm³/mol. The van der Waals surface area contributed by atoms with Gasteiger partial charge in [-0.1, -0.05) is 0 Å². The van der Waals surface area contributed by atoms with Gasteiger partial charge in [0, 0.05) is 0 Å². The summed E-state index contributed by atoms with van der Waals surface area (Å²) in [5.74, 6) is 0. The second-order valence-electron chi connectivity index (χ2n) is 29.1. The van der Waals surface area contributed by atoms with Gasteiger partial charge in [0.05, 0.1) is 0 Å². The van der Waals surface area contributed by atoms with Gasteiger partial charge in [0.2, 0.25) is 0 Å². The summed E-state index contributed by atoms with van der Waals surface area (Å²) in [5, 5.41) is 8.75. The molecule has 0 aliphatic carbocycles. The molecule has 16 rings (SSSR count). The van der Waals surface area contributed by atoms with Crippen molar-refractivity contribution in [1.82, 2.24) is 39.9 Å². The first-order valence-electron chi connectivity index (χ1n) is 32.0. The summed E-state index contributed by atoms with van der Waals surface area (Å²) in [4.78, 5) is 45.8. The van der Waals surface area contributed by atoms with Crippen molar-refractivity contribution in [2.75, 3.05) is 0 Å². The van der Waals surface area contributed by atoms with E-state index in [1.807, 2.05) is 24.3 Å². The van der Waals surface area contributed by atoms with Crippen LogP contribution in [0.4, 0.5) is 0 Å². The van der Waals surface area contributed by atoms with E-state index in [1.165, 1.54) is 45.3 Å². The Bertz CT molecular complexity index is 5330. The molecule has 8 aromatic carbocycles. The van der Waals surface area contributed by atoms with Gasteiger partial charge in [-0.2, -0.15) is 0 Å². The van der Waals surface area contributed by atoms with Crippen LogP contribution in [0.5, 0.6) is 0 Å². The molecule has 18 heteroatoms. The van der Waals surface area contributed by atoms with Gasteiger partial charge >= 0.3 is 615 Å². The van der Waals surface area contributed by atoms with Crippen molar-refractivity contribution >= 4 is 202 Å². The van der Waals surface area contributed by atoms with E-state index in [0.717, 1.165) is 106 Å². The van der Waals surface area contributed by atoms with Crippen LogP contribution in [0.15, 0.2) is 170 Å². The molecule has 0 amide bonds. The summed E-state index contributed by atoms with van der Waals surface area (Å²) >= 11 is 27.7. The molecule has 0 unspecified atom stereocenters. The molecule has 16 aromatic rings. The van der Waals surface area contributed by atoms with E-state index >= 15 is 0 Å². The second kappa shape index (κ2) is 23.3. The molecule has 0 atom stereocenters. The molecule has 0 radical (unpaired) electrons. The summed E-state index contributed by atoms with van der Waals surface area (Å²) in [6.45, 7) is 26.9. The number of halogens is 5. The number of hydrogen-bond acceptors (Lipinski definition) is 12. The second-order valence-corrected chi connectivity index (χ2v) is 49.8. The molecule has 0 spiro atoms. The molecule has 0 aliphatic heterocycles. The van der Waals surface area contributed by atoms with Crippen molar-refractivity contribution in [3.05, 3.63) is 210 Å². The molecule has 8 nitrogen and oxygen atoms in total.